The predicted molar refractivity (Wildman–Crippen MR) is 38.5 cm³/mol. The molecule has 2 rings (SSSR count). The Labute approximate surface area is 65.1 Å². The van der Waals surface area contributed by atoms with E-state index in [-0.39, 0.29) is 6.10 Å². The standard InChI is InChI=1S/C7H11NO3/c1-9-4-7-5-2-11-8-6(5)3-10-7/h5,7H,2-4H2,1H3/t5?,7-/m1/s1. The average Bonchev–Trinajstić information content (AvgIpc) is 2.53. The molecule has 1 saturated heterocycles. The molecule has 0 aliphatic carbocycles. The lowest BCUT2D eigenvalue weighted by Crippen LogP contribution is -2.25. The van der Waals surface area contributed by atoms with Crippen molar-refractivity contribution in [3.05, 3.63) is 0 Å². The predicted octanol–water partition coefficient (Wildman–Crippen LogP) is 0.0340. The molecular weight excluding hydrogens is 146 g/mol. The molecule has 0 radical (unpaired) electrons. The number of oxime groups is 1. The van der Waals surface area contributed by atoms with Crippen LogP contribution in [0.5, 0.6) is 0 Å². The van der Waals surface area contributed by atoms with E-state index in [1.807, 2.05) is 0 Å². The van der Waals surface area contributed by atoms with Gasteiger partial charge in [-0.05, 0) is 0 Å². The molecule has 4 heteroatoms. The molecule has 0 aromatic rings. The smallest absolute Gasteiger partial charge is 0.128 e. The normalized spacial score (nSPS) is 34.8. The van der Waals surface area contributed by atoms with Gasteiger partial charge in [-0.15, -0.1) is 0 Å². The first kappa shape index (κ1) is 7.06. The number of hydrogen-bond donors (Lipinski definition) is 0. The van der Waals surface area contributed by atoms with Gasteiger partial charge in [-0.1, -0.05) is 5.16 Å². The highest BCUT2D eigenvalue weighted by Crippen LogP contribution is 2.23. The summed E-state index contributed by atoms with van der Waals surface area (Å²) in [5.41, 5.74) is 1.03. The first-order valence-corrected chi connectivity index (χ1v) is 3.71. The zero-order chi connectivity index (χ0) is 7.68. The van der Waals surface area contributed by atoms with E-state index in [1.165, 1.54) is 0 Å². The summed E-state index contributed by atoms with van der Waals surface area (Å²) < 4.78 is 10.4. The van der Waals surface area contributed by atoms with Gasteiger partial charge in [0, 0.05) is 7.11 Å². The minimum atomic E-state index is 0.154. The Balaban J connectivity index is 2.00. The third-order valence-corrected chi connectivity index (χ3v) is 2.09. The van der Waals surface area contributed by atoms with Crippen molar-refractivity contribution in [1.82, 2.24) is 0 Å². The van der Waals surface area contributed by atoms with Gasteiger partial charge in [-0.2, -0.15) is 0 Å². The molecule has 2 atom stereocenters. The second kappa shape index (κ2) is 2.79. The summed E-state index contributed by atoms with van der Waals surface area (Å²) in [6, 6.07) is 0. The lowest BCUT2D eigenvalue weighted by atomic mass is 10.0. The minimum Gasteiger partial charge on any atom is -0.395 e. The van der Waals surface area contributed by atoms with Crippen molar-refractivity contribution in [2.24, 2.45) is 11.1 Å². The molecule has 0 N–H and O–H groups in total. The van der Waals surface area contributed by atoms with E-state index in [0.717, 1.165) is 5.71 Å². The molecule has 4 nitrogen and oxygen atoms in total. The van der Waals surface area contributed by atoms with Crippen LogP contribution in [0.4, 0.5) is 0 Å². The van der Waals surface area contributed by atoms with Gasteiger partial charge in [0.05, 0.1) is 30.9 Å². The zero-order valence-electron chi connectivity index (χ0n) is 6.45. The summed E-state index contributed by atoms with van der Waals surface area (Å²) >= 11 is 0. The fourth-order valence-corrected chi connectivity index (χ4v) is 1.46. The molecule has 0 aromatic heterocycles. The Morgan fingerprint density at radius 2 is 2.64 bits per heavy atom. The Bertz CT molecular complexity index is 181. The molecule has 11 heavy (non-hydrogen) atoms. The molecule has 1 fully saturated rings. The van der Waals surface area contributed by atoms with Crippen molar-refractivity contribution in [3.8, 4) is 0 Å². The van der Waals surface area contributed by atoms with Crippen LogP contribution >= 0.6 is 0 Å². The van der Waals surface area contributed by atoms with Crippen LogP contribution in [0.2, 0.25) is 0 Å². The Hall–Kier alpha value is -0.610. The van der Waals surface area contributed by atoms with Gasteiger partial charge < -0.3 is 14.3 Å². The summed E-state index contributed by atoms with van der Waals surface area (Å²) in [5.74, 6) is 0.343. The summed E-state index contributed by atoms with van der Waals surface area (Å²) in [4.78, 5) is 4.94. The molecule has 2 heterocycles. The van der Waals surface area contributed by atoms with Crippen LogP contribution < -0.4 is 0 Å². The van der Waals surface area contributed by atoms with Crippen LogP contribution in [0.3, 0.4) is 0 Å². The number of ether oxygens (including phenoxy) is 2. The summed E-state index contributed by atoms with van der Waals surface area (Å²) in [5, 5.41) is 3.87. The third-order valence-electron chi connectivity index (χ3n) is 2.09. The van der Waals surface area contributed by atoms with Gasteiger partial charge >= 0.3 is 0 Å². The lowest BCUT2D eigenvalue weighted by Gasteiger charge is -2.11. The van der Waals surface area contributed by atoms with E-state index in [0.29, 0.717) is 25.7 Å². The number of hydrogen-bond acceptors (Lipinski definition) is 4. The topological polar surface area (TPSA) is 40.0 Å². The molecular formula is C7H11NO3. The second-order valence-corrected chi connectivity index (χ2v) is 2.79. The summed E-state index contributed by atoms with van der Waals surface area (Å²) in [6.07, 6.45) is 0.154. The van der Waals surface area contributed by atoms with Crippen molar-refractivity contribution < 1.29 is 14.3 Å². The van der Waals surface area contributed by atoms with Gasteiger partial charge in [0.15, 0.2) is 0 Å². The number of rotatable bonds is 2. The van der Waals surface area contributed by atoms with E-state index >= 15 is 0 Å². The number of nitrogens with zero attached hydrogens (tertiary/aromatic N) is 1. The van der Waals surface area contributed by atoms with E-state index in [1.54, 1.807) is 7.11 Å². The second-order valence-electron chi connectivity index (χ2n) is 2.79. The highest BCUT2D eigenvalue weighted by Gasteiger charge is 2.38. The van der Waals surface area contributed by atoms with Crippen LogP contribution in [0.15, 0.2) is 5.16 Å². The SMILES string of the molecule is COC[C@H]1OCC2=NOCC21. The molecule has 62 valence electrons. The molecule has 2 aliphatic rings. The molecule has 2 aliphatic heterocycles. The Kier molecular flexibility index (Phi) is 1.79. The Morgan fingerprint density at radius 3 is 3.45 bits per heavy atom. The summed E-state index contributed by atoms with van der Waals surface area (Å²) in [6.45, 7) is 1.90. The fraction of sp³-hybridized carbons (Fsp3) is 0.857. The summed E-state index contributed by atoms with van der Waals surface area (Å²) in [7, 11) is 1.67. The van der Waals surface area contributed by atoms with Crippen molar-refractivity contribution >= 4 is 5.71 Å². The highest BCUT2D eigenvalue weighted by molar-refractivity contribution is 5.90. The van der Waals surface area contributed by atoms with E-state index < -0.39 is 0 Å². The molecule has 0 spiro atoms. The van der Waals surface area contributed by atoms with Crippen LogP contribution in [-0.4, -0.2) is 38.7 Å². The quantitative estimate of drug-likeness (QED) is 0.568. The highest BCUT2D eigenvalue weighted by atomic mass is 16.6. The number of methoxy groups -OCH3 is 1. The van der Waals surface area contributed by atoms with Crippen LogP contribution in [0.25, 0.3) is 0 Å². The molecule has 1 unspecified atom stereocenters. The zero-order valence-corrected chi connectivity index (χ0v) is 6.45. The van der Waals surface area contributed by atoms with Crippen LogP contribution in [0, 0.1) is 5.92 Å². The third kappa shape index (κ3) is 1.12. The maximum absolute atomic E-state index is 5.42. The monoisotopic (exact) mass is 157 g/mol. The van der Waals surface area contributed by atoms with Crippen LogP contribution in [-0.2, 0) is 14.3 Å². The van der Waals surface area contributed by atoms with Gasteiger partial charge in [0.2, 0.25) is 0 Å². The van der Waals surface area contributed by atoms with Gasteiger partial charge in [0.25, 0.3) is 0 Å². The van der Waals surface area contributed by atoms with E-state index in [2.05, 4.69) is 5.16 Å². The van der Waals surface area contributed by atoms with Gasteiger partial charge in [-0.3, -0.25) is 0 Å². The minimum absolute atomic E-state index is 0.154. The average molecular weight is 157 g/mol. The lowest BCUT2D eigenvalue weighted by molar-refractivity contribution is 0.00133. The van der Waals surface area contributed by atoms with Crippen molar-refractivity contribution in [3.63, 3.8) is 0 Å². The van der Waals surface area contributed by atoms with Gasteiger partial charge in [0.1, 0.15) is 6.61 Å². The largest absolute Gasteiger partial charge is 0.395 e. The maximum Gasteiger partial charge on any atom is 0.128 e. The molecule has 0 amide bonds. The van der Waals surface area contributed by atoms with Gasteiger partial charge in [-0.25, -0.2) is 0 Å². The molecule has 0 saturated carbocycles. The maximum atomic E-state index is 5.42. The first-order chi connectivity index (χ1) is 5.42. The van der Waals surface area contributed by atoms with E-state index in [4.69, 9.17) is 14.3 Å². The Morgan fingerprint density at radius 1 is 1.73 bits per heavy atom. The first-order valence-electron chi connectivity index (χ1n) is 3.71. The van der Waals surface area contributed by atoms with Crippen LogP contribution in [0.1, 0.15) is 0 Å². The van der Waals surface area contributed by atoms with Crippen molar-refractivity contribution in [2.45, 2.75) is 6.10 Å². The molecule has 0 bridgehead atoms. The number of fused-ring (bicyclic) bond motifs is 1. The van der Waals surface area contributed by atoms with E-state index in [9.17, 15) is 0 Å². The molecule has 0 aromatic carbocycles. The fourth-order valence-electron chi connectivity index (χ4n) is 1.46. The van der Waals surface area contributed by atoms with Crippen molar-refractivity contribution in [1.29, 1.82) is 0 Å². The van der Waals surface area contributed by atoms with Crippen molar-refractivity contribution in [2.75, 3.05) is 26.9 Å².